The molecule has 0 aliphatic carbocycles. The van der Waals surface area contributed by atoms with Crippen molar-refractivity contribution in [3.8, 4) is 5.75 Å². The number of rotatable bonds is 7. The number of nitrogens with zero attached hydrogens (tertiary/aromatic N) is 3. The van der Waals surface area contributed by atoms with Crippen LogP contribution in [0.3, 0.4) is 0 Å². The molecule has 0 bridgehead atoms. The predicted molar refractivity (Wildman–Crippen MR) is 104 cm³/mol. The lowest BCUT2D eigenvalue weighted by atomic mass is 10.2. The molecular formula is C19H20N6O2. The van der Waals surface area contributed by atoms with E-state index in [1.54, 1.807) is 25.4 Å². The smallest absolute Gasteiger partial charge is 0.249 e. The summed E-state index contributed by atoms with van der Waals surface area (Å²) >= 11 is 0. The Balaban J connectivity index is 1.60. The number of aromatic nitrogens is 3. The first-order valence-electron chi connectivity index (χ1n) is 8.33. The fraction of sp³-hybridized carbons (Fsp3) is 0.158. The zero-order valence-electron chi connectivity index (χ0n) is 15.1. The number of hydrogen-bond donors (Lipinski definition) is 3. The topological polar surface area (TPSA) is 101 Å². The summed E-state index contributed by atoms with van der Waals surface area (Å²) in [6, 6.07) is 15.0. The van der Waals surface area contributed by atoms with Crippen molar-refractivity contribution in [3.63, 3.8) is 0 Å². The van der Waals surface area contributed by atoms with Gasteiger partial charge in [-0.05, 0) is 42.0 Å². The van der Waals surface area contributed by atoms with Crippen LogP contribution in [0.15, 0.2) is 54.7 Å². The van der Waals surface area contributed by atoms with E-state index in [1.165, 1.54) is 6.92 Å². The van der Waals surface area contributed by atoms with Crippen molar-refractivity contribution in [2.24, 2.45) is 0 Å². The first-order valence-corrected chi connectivity index (χ1v) is 8.33. The zero-order valence-corrected chi connectivity index (χ0v) is 15.1. The van der Waals surface area contributed by atoms with Crippen LogP contribution >= 0.6 is 0 Å². The maximum absolute atomic E-state index is 11.1. The van der Waals surface area contributed by atoms with E-state index in [9.17, 15) is 4.79 Å². The normalized spacial score (nSPS) is 10.1. The molecule has 1 heterocycles. The van der Waals surface area contributed by atoms with Gasteiger partial charge in [-0.25, -0.2) is 0 Å². The summed E-state index contributed by atoms with van der Waals surface area (Å²) in [7, 11) is 1.64. The van der Waals surface area contributed by atoms with Crippen LogP contribution in [0.25, 0.3) is 0 Å². The number of amides is 1. The van der Waals surface area contributed by atoms with E-state index in [4.69, 9.17) is 4.74 Å². The summed E-state index contributed by atoms with van der Waals surface area (Å²) in [6.07, 6.45) is 1.56. The van der Waals surface area contributed by atoms with Crippen molar-refractivity contribution in [2.75, 3.05) is 23.1 Å². The molecule has 0 saturated carbocycles. The van der Waals surface area contributed by atoms with E-state index >= 15 is 0 Å². The van der Waals surface area contributed by atoms with Crippen LogP contribution in [0, 0.1) is 0 Å². The molecule has 1 aromatic heterocycles. The second kappa shape index (κ2) is 8.61. The lowest BCUT2D eigenvalue weighted by Crippen LogP contribution is -2.06. The van der Waals surface area contributed by atoms with Gasteiger partial charge in [-0.3, -0.25) is 4.79 Å². The highest BCUT2D eigenvalue weighted by Crippen LogP contribution is 2.17. The van der Waals surface area contributed by atoms with E-state index in [1.807, 2.05) is 36.4 Å². The first kappa shape index (κ1) is 18.1. The number of hydrogen-bond acceptors (Lipinski definition) is 7. The van der Waals surface area contributed by atoms with Crippen LogP contribution in [0.1, 0.15) is 12.5 Å². The molecule has 138 valence electrons. The Bertz CT molecular complexity index is 897. The summed E-state index contributed by atoms with van der Waals surface area (Å²) in [5, 5.41) is 17.0. The van der Waals surface area contributed by atoms with Crippen LogP contribution in [-0.4, -0.2) is 28.2 Å². The van der Waals surface area contributed by atoms with Crippen LogP contribution in [0.5, 0.6) is 5.75 Å². The molecule has 8 heteroatoms. The minimum absolute atomic E-state index is 0.112. The third-order valence-electron chi connectivity index (χ3n) is 3.65. The Labute approximate surface area is 157 Å². The highest BCUT2D eigenvalue weighted by Gasteiger charge is 2.03. The number of carbonyl (C=O) groups excluding carboxylic acids is 1. The van der Waals surface area contributed by atoms with Crippen molar-refractivity contribution in [1.82, 2.24) is 15.2 Å². The van der Waals surface area contributed by atoms with Crippen LogP contribution in [-0.2, 0) is 11.3 Å². The van der Waals surface area contributed by atoms with Gasteiger partial charge in [0.25, 0.3) is 0 Å². The number of nitrogens with one attached hydrogen (secondary N) is 3. The molecule has 2 aromatic carbocycles. The SMILES string of the molecule is COc1ccc(CNc2cnnc(Nc3ccc(NC(C)=O)cc3)n2)cc1. The van der Waals surface area contributed by atoms with Crippen LogP contribution in [0.4, 0.5) is 23.1 Å². The van der Waals surface area contributed by atoms with E-state index in [-0.39, 0.29) is 5.91 Å². The molecule has 0 unspecified atom stereocenters. The van der Waals surface area contributed by atoms with Crippen molar-refractivity contribution >= 4 is 29.0 Å². The Morgan fingerprint density at radius 1 is 1.04 bits per heavy atom. The summed E-state index contributed by atoms with van der Waals surface area (Å²) < 4.78 is 5.15. The molecule has 1 amide bonds. The second-order valence-electron chi connectivity index (χ2n) is 5.75. The lowest BCUT2D eigenvalue weighted by molar-refractivity contribution is -0.114. The zero-order chi connectivity index (χ0) is 19.1. The van der Waals surface area contributed by atoms with Crippen LogP contribution < -0.4 is 20.7 Å². The Hall–Kier alpha value is -3.68. The molecule has 3 N–H and O–H groups in total. The Morgan fingerprint density at radius 3 is 2.41 bits per heavy atom. The van der Waals surface area contributed by atoms with Crippen molar-refractivity contribution < 1.29 is 9.53 Å². The Kier molecular flexibility index (Phi) is 5.78. The van der Waals surface area contributed by atoms with Gasteiger partial charge in [-0.15, -0.1) is 5.10 Å². The summed E-state index contributed by atoms with van der Waals surface area (Å²) in [6.45, 7) is 2.07. The molecule has 0 fully saturated rings. The molecule has 3 aromatic rings. The lowest BCUT2D eigenvalue weighted by Gasteiger charge is -2.09. The maximum Gasteiger partial charge on any atom is 0.249 e. The third-order valence-corrected chi connectivity index (χ3v) is 3.65. The van der Waals surface area contributed by atoms with E-state index in [0.29, 0.717) is 18.3 Å². The van der Waals surface area contributed by atoms with Gasteiger partial charge in [-0.1, -0.05) is 12.1 Å². The summed E-state index contributed by atoms with van der Waals surface area (Å²) in [4.78, 5) is 15.5. The predicted octanol–water partition coefficient (Wildman–Crippen LogP) is 3.19. The van der Waals surface area contributed by atoms with E-state index in [0.717, 1.165) is 22.7 Å². The fourth-order valence-corrected chi connectivity index (χ4v) is 2.35. The molecule has 0 spiro atoms. The first-order chi connectivity index (χ1) is 13.1. The van der Waals surface area contributed by atoms with Gasteiger partial charge >= 0.3 is 0 Å². The third kappa shape index (κ3) is 5.40. The number of ether oxygens (including phenoxy) is 1. The van der Waals surface area contributed by atoms with E-state index < -0.39 is 0 Å². The van der Waals surface area contributed by atoms with Gasteiger partial charge in [0, 0.05) is 24.8 Å². The van der Waals surface area contributed by atoms with Gasteiger partial charge in [-0.2, -0.15) is 10.1 Å². The highest BCUT2D eigenvalue weighted by atomic mass is 16.5. The van der Waals surface area contributed by atoms with Crippen molar-refractivity contribution in [3.05, 3.63) is 60.3 Å². The minimum atomic E-state index is -0.112. The van der Waals surface area contributed by atoms with Gasteiger partial charge in [0.05, 0.1) is 13.3 Å². The Morgan fingerprint density at radius 2 is 1.74 bits per heavy atom. The maximum atomic E-state index is 11.1. The fourth-order valence-electron chi connectivity index (χ4n) is 2.35. The highest BCUT2D eigenvalue weighted by molar-refractivity contribution is 5.88. The monoisotopic (exact) mass is 364 g/mol. The van der Waals surface area contributed by atoms with E-state index in [2.05, 4.69) is 31.1 Å². The summed E-state index contributed by atoms with van der Waals surface area (Å²) in [5.74, 6) is 1.69. The average Bonchev–Trinajstić information content (AvgIpc) is 2.68. The molecule has 27 heavy (non-hydrogen) atoms. The van der Waals surface area contributed by atoms with Gasteiger partial charge in [0.1, 0.15) is 5.75 Å². The largest absolute Gasteiger partial charge is 0.497 e. The van der Waals surface area contributed by atoms with Crippen LogP contribution in [0.2, 0.25) is 0 Å². The number of anilines is 4. The minimum Gasteiger partial charge on any atom is -0.497 e. The molecule has 3 rings (SSSR count). The quantitative estimate of drug-likeness (QED) is 0.592. The molecule has 8 nitrogen and oxygen atoms in total. The second-order valence-corrected chi connectivity index (χ2v) is 5.75. The average molecular weight is 364 g/mol. The standard InChI is InChI=1S/C19H20N6O2/c1-13(26)22-15-5-7-16(8-6-15)23-19-24-18(12-21-25-19)20-11-14-3-9-17(27-2)10-4-14/h3-10,12H,11H2,1-2H3,(H,22,26)(H2,20,23,24,25). The number of benzene rings is 2. The van der Waals surface area contributed by atoms with Crippen molar-refractivity contribution in [2.45, 2.75) is 13.5 Å². The molecule has 0 radical (unpaired) electrons. The van der Waals surface area contributed by atoms with Gasteiger partial charge in [0.2, 0.25) is 11.9 Å². The van der Waals surface area contributed by atoms with Gasteiger partial charge < -0.3 is 20.7 Å². The number of methoxy groups -OCH3 is 1. The molecular weight excluding hydrogens is 344 g/mol. The molecule has 0 aliphatic heterocycles. The van der Waals surface area contributed by atoms with Crippen molar-refractivity contribution in [1.29, 1.82) is 0 Å². The molecule has 0 aliphatic rings. The van der Waals surface area contributed by atoms with Gasteiger partial charge in [0.15, 0.2) is 5.82 Å². The number of carbonyl (C=O) groups is 1. The molecule has 0 atom stereocenters. The molecule has 0 saturated heterocycles. The summed E-state index contributed by atoms with van der Waals surface area (Å²) in [5.41, 5.74) is 2.61.